The standard InChI is InChI=1S/C15H13ClN2O/c1-10-15(11-4-3-5-12(16)6-11)17-8-13-7-14(19-2)9-18(10)13/h3-9H,1-2H3. The van der Waals surface area contributed by atoms with Crippen LogP contribution >= 0.6 is 11.6 Å². The molecule has 2 heterocycles. The second-order valence-corrected chi connectivity index (χ2v) is 4.81. The van der Waals surface area contributed by atoms with Crippen LogP contribution in [0.15, 0.2) is 42.7 Å². The highest BCUT2D eigenvalue weighted by Crippen LogP contribution is 2.26. The molecule has 3 aromatic rings. The lowest BCUT2D eigenvalue weighted by Crippen LogP contribution is -1.96. The number of halogens is 1. The van der Waals surface area contributed by atoms with Gasteiger partial charge < -0.3 is 9.14 Å². The Morgan fingerprint density at radius 1 is 1.26 bits per heavy atom. The molecule has 0 saturated carbocycles. The number of ether oxygens (including phenoxy) is 1. The van der Waals surface area contributed by atoms with Crippen molar-refractivity contribution in [2.24, 2.45) is 0 Å². The summed E-state index contributed by atoms with van der Waals surface area (Å²) < 4.78 is 7.32. The molecule has 4 heteroatoms. The van der Waals surface area contributed by atoms with Crippen LogP contribution in [0.4, 0.5) is 0 Å². The zero-order valence-corrected chi connectivity index (χ0v) is 11.5. The fourth-order valence-electron chi connectivity index (χ4n) is 2.21. The van der Waals surface area contributed by atoms with E-state index in [1.165, 1.54) is 0 Å². The van der Waals surface area contributed by atoms with E-state index in [0.717, 1.165) is 28.2 Å². The summed E-state index contributed by atoms with van der Waals surface area (Å²) in [6.45, 7) is 2.04. The van der Waals surface area contributed by atoms with E-state index in [9.17, 15) is 0 Å². The molecule has 0 spiro atoms. The van der Waals surface area contributed by atoms with Crippen LogP contribution in [0.1, 0.15) is 5.69 Å². The molecule has 0 unspecified atom stereocenters. The molecule has 0 aliphatic heterocycles. The van der Waals surface area contributed by atoms with Crippen molar-refractivity contribution in [3.05, 3.63) is 53.4 Å². The van der Waals surface area contributed by atoms with E-state index in [-0.39, 0.29) is 0 Å². The van der Waals surface area contributed by atoms with Crippen LogP contribution in [0, 0.1) is 6.92 Å². The monoisotopic (exact) mass is 272 g/mol. The van der Waals surface area contributed by atoms with Crippen molar-refractivity contribution in [1.29, 1.82) is 0 Å². The Kier molecular flexibility index (Phi) is 2.91. The molecule has 0 atom stereocenters. The molecular formula is C15H13ClN2O. The van der Waals surface area contributed by atoms with Crippen LogP contribution in [0.25, 0.3) is 16.8 Å². The van der Waals surface area contributed by atoms with Gasteiger partial charge in [-0.1, -0.05) is 23.7 Å². The minimum atomic E-state index is 0.712. The molecule has 19 heavy (non-hydrogen) atoms. The summed E-state index contributed by atoms with van der Waals surface area (Å²) in [5.41, 5.74) is 4.01. The first-order chi connectivity index (χ1) is 9.19. The molecule has 2 aromatic heterocycles. The van der Waals surface area contributed by atoms with Crippen molar-refractivity contribution in [1.82, 2.24) is 9.38 Å². The van der Waals surface area contributed by atoms with Crippen LogP contribution < -0.4 is 4.74 Å². The van der Waals surface area contributed by atoms with Crippen molar-refractivity contribution < 1.29 is 4.74 Å². The molecule has 0 N–H and O–H groups in total. The predicted molar refractivity (Wildman–Crippen MR) is 76.9 cm³/mol. The van der Waals surface area contributed by atoms with E-state index in [4.69, 9.17) is 16.3 Å². The number of fused-ring (bicyclic) bond motifs is 1. The molecule has 0 radical (unpaired) electrons. The van der Waals surface area contributed by atoms with Crippen LogP contribution in [0.2, 0.25) is 5.02 Å². The molecule has 0 aliphatic carbocycles. The third kappa shape index (κ3) is 2.06. The highest BCUT2D eigenvalue weighted by molar-refractivity contribution is 6.30. The average Bonchev–Trinajstić information content (AvgIpc) is 2.83. The maximum atomic E-state index is 6.04. The second kappa shape index (κ2) is 4.59. The molecule has 3 rings (SSSR count). The number of rotatable bonds is 2. The number of nitrogens with zero attached hydrogens (tertiary/aromatic N) is 2. The second-order valence-electron chi connectivity index (χ2n) is 4.38. The third-order valence-electron chi connectivity index (χ3n) is 3.19. The lowest BCUT2D eigenvalue weighted by atomic mass is 10.1. The van der Waals surface area contributed by atoms with Crippen LogP contribution in [0.3, 0.4) is 0 Å². The zero-order chi connectivity index (χ0) is 13.4. The Labute approximate surface area is 116 Å². The Morgan fingerprint density at radius 3 is 2.84 bits per heavy atom. The lowest BCUT2D eigenvalue weighted by Gasteiger charge is -2.08. The first-order valence-corrected chi connectivity index (χ1v) is 6.34. The molecule has 0 aliphatic rings. The van der Waals surface area contributed by atoms with E-state index in [0.29, 0.717) is 5.02 Å². The van der Waals surface area contributed by atoms with Gasteiger partial charge in [0.2, 0.25) is 0 Å². The normalized spacial score (nSPS) is 10.9. The van der Waals surface area contributed by atoms with Gasteiger partial charge in [0, 0.05) is 22.3 Å². The van der Waals surface area contributed by atoms with Gasteiger partial charge >= 0.3 is 0 Å². The predicted octanol–water partition coefficient (Wildman–Crippen LogP) is 3.97. The highest BCUT2D eigenvalue weighted by Gasteiger charge is 2.09. The largest absolute Gasteiger partial charge is 0.495 e. The molecule has 0 saturated heterocycles. The minimum absolute atomic E-state index is 0.712. The SMILES string of the molecule is COc1cc2cnc(-c3cccc(Cl)c3)c(C)n2c1. The molecule has 3 nitrogen and oxygen atoms in total. The maximum Gasteiger partial charge on any atom is 0.137 e. The maximum absolute atomic E-state index is 6.04. The summed E-state index contributed by atoms with van der Waals surface area (Å²) in [6.07, 6.45) is 3.80. The van der Waals surface area contributed by atoms with Crippen molar-refractivity contribution in [2.75, 3.05) is 7.11 Å². The molecule has 1 aromatic carbocycles. The topological polar surface area (TPSA) is 26.5 Å². The van der Waals surface area contributed by atoms with Crippen molar-refractivity contribution in [3.63, 3.8) is 0 Å². The van der Waals surface area contributed by atoms with Gasteiger partial charge in [0.05, 0.1) is 30.7 Å². The summed E-state index contributed by atoms with van der Waals surface area (Å²) in [5, 5.41) is 0.712. The zero-order valence-electron chi connectivity index (χ0n) is 10.7. The van der Waals surface area contributed by atoms with Gasteiger partial charge in [-0.3, -0.25) is 4.98 Å². The van der Waals surface area contributed by atoms with E-state index in [2.05, 4.69) is 9.38 Å². The van der Waals surface area contributed by atoms with Gasteiger partial charge in [0.25, 0.3) is 0 Å². The van der Waals surface area contributed by atoms with E-state index in [1.807, 2.05) is 49.6 Å². The Balaban J connectivity index is 2.22. The molecule has 0 amide bonds. The summed E-state index contributed by atoms with van der Waals surface area (Å²) in [7, 11) is 1.66. The highest BCUT2D eigenvalue weighted by atomic mass is 35.5. The first-order valence-electron chi connectivity index (χ1n) is 5.96. The quantitative estimate of drug-likeness (QED) is 0.706. The first kappa shape index (κ1) is 12.1. The number of hydrogen-bond donors (Lipinski definition) is 0. The molecule has 96 valence electrons. The van der Waals surface area contributed by atoms with Gasteiger partial charge in [-0.05, 0) is 19.1 Å². The van der Waals surface area contributed by atoms with Crippen LogP contribution in [-0.2, 0) is 0 Å². The summed E-state index contributed by atoms with van der Waals surface area (Å²) in [4.78, 5) is 4.53. The number of methoxy groups -OCH3 is 1. The van der Waals surface area contributed by atoms with Crippen molar-refractivity contribution in [3.8, 4) is 17.0 Å². The number of aryl methyl sites for hydroxylation is 1. The Morgan fingerprint density at radius 2 is 2.11 bits per heavy atom. The molecule has 0 bridgehead atoms. The lowest BCUT2D eigenvalue weighted by molar-refractivity contribution is 0.415. The van der Waals surface area contributed by atoms with Crippen LogP contribution in [-0.4, -0.2) is 16.5 Å². The minimum Gasteiger partial charge on any atom is -0.495 e. The number of benzene rings is 1. The number of aromatic nitrogens is 2. The summed E-state index contributed by atoms with van der Waals surface area (Å²) in [6, 6.07) is 9.68. The van der Waals surface area contributed by atoms with E-state index < -0.39 is 0 Å². The Hall–Kier alpha value is -2.00. The van der Waals surface area contributed by atoms with Crippen molar-refractivity contribution >= 4 is 17.1 Å². The van der Waals surface area contributed by atoms with Gasteiger partial charge in [-0.25, -0.2) is 0 Å². The van der Waals surface area contributed by atoms with Gasteiger partial charge in [-0.2, -0.15) is 0 Å². The van der Waals surface area contributed by atoms with Gasteiger partial charge in [0.1, 0.15) is 5.75 Å². The molecule has 0 fully saturated rings. The third-order valence-corrected chi connectivity index (χ3v) is 3.42. The molecular weight excluding hydrogens is 260 g/mol. The van der Waals surface area contributed by atoms with E-state index >= 15 is 0 Å². The van der Waals surface area contributed by atoms with Crippen LogP contribution in [0.5, 0.6) is 5.75 Å². The van der Waals surface area contributed by atoms with Gasteiger partial charge in [0.15, 0.2) is 0 Å². The average molecular weight is 273 g/mol. The van der Waals surface area contributed by atoms with E-state index in [1.54, 1.807) is 7.11 Å². The number of hydrogen-bond acceptors (Lipinski definition) is 2. The summed E-state index contributed by atoms with van der Waals surface area (Å²) in [5.74, 6) is 0.827. The fraction of sp³-hybridized carbons (Fsp3) is 0.133. The Bertz CT molecular complexity index is 749. The van der Waals surface area contributed by atoms with Crippen molar-refractivity contribution in [2.45, 2.75) is 6.92 Å². The summed E-state index contributed by atoms with van der Waals surface area (Å²) >= 11 is 6.04. The smallest absolute Gasteiger partial charge is 0.137 e. The fourth-order valence-corrected chi connectivity index (χ4v) is 2.40. The van der Waals surface area contributed by atoms with Gasteiger partial charge in [-0.15, -0.1) is 0 Å².